The molecule has 1 aromatic rings. The maximum Gasteiger partial charge on any atom is 0.317 e. The first kappa shape index (κ1) is 18.0. The summed E-state index contributed by atoms with van der Waals surface area (Å²) in [5.74, 6) is 0. The highest BCUT2D eigenvalue weighted by Gasteiger charge is 2.36. The van der Waals surface area contributed by atoms with Gasteiger partial charge in [-0.25, -0.2) is 4.79 Å². The Morgan fingerprint density at radius 1 is 1.43 bits per heavy atom. The van der Waals surface area contributed by atoms with Gasteiger partial charge in [0, 0.05) is 43.8 Å². The zero-order chi connectivity index (χ0) is 16.9. The fraction of sp³-hybridized carbons (Fsp3) is 0.588. The van der Waals surface area contributed by atoms with Gasteiger partial charge in [0.05, 0.1) is 6.10 Å². The Labute approximate surface area is 142 Å². The van der Waals surface area contributed by atoms with E-state index >= 15 is 0 Å². The number of carbonyl (C=O) groups excluding carboxylic acids is 1. The van der Waals surface area contributed by atoms with Crippen molar-refractivity contribution in [3.05, 3.63) is 34.9 Å². The van der Waals surface area contributed by atoms with Crippen LogP contribution in [0.3, 0.4) is 0 Å². The largest absolute Gasteiger partial charge is 0.392 e. The van der Waals surface area contributed by atoms with Crippen molar-refractivity contribution < 1.29 is 14.6 Å². The molecule has 6 heteroatoms. The van der Waals surface area contributed by atoms with Gasteiger partial charge in [0.15, 0.2) is 0 Å². The Bertz CT molecular complexity index is 530. The SMILES string of the molecule is CC(O)CN(C)C(=O)NCC1(c2ccccc2Cl)CCOCC1. The van der Waals surface area contributed by atoms with Gasteiger partial charge in [-0.1, -0.05) is 29.8 Å². The van der Waals surface area contributed by atoms with Crippen LogP contribution in [0.2, 0.25) is 5.02 Å². The van der Waals surface area contributed by atoms with Crippen molar-refractivity contribution >= 4 is 17.6 Å². The second-order valence-electron chi connectivity index (χ2n) is 6.26. The minimum Gasteiger partial charge on any atom is -0.392 e. The lowest BCUT2D eigenvalue weighted by Crippen LogP contribution is -2.48. The number of amides is 2. The molecule has 0 saturated carbocycles. The molecule has 5 nitrogen and oxygen atoms in total. The monoisotopic (exact) mass is 340 g/mol. The molecule has 1 aliphatic heterocycles. The first-order valence-corrected chi connectivity index (χ1v) is 8.32. The molecule has 2 amide bonds. The summed E-state index contributed by atoms with van der Waals surface area (Å²) in [4.78, 5) is 13.7. The fourth-order valence-electron chi connectivity index (χ4n) is 3.05. The van der Waals surface area contributed by atoms with E-state index in [9.17, 15) is 9.90 Å². The van der Waals surface area contributed by atoms with Crippen LogP contribution in [0.25, 0.3) is 0 Å². The molecule has 1 atom stereocenters. The normalized spacial score (nSPS) is 18.3. The van der Waals surface area contributed by atoms with E-state index in [0.717, 1.165) is 23.4 Å². The summed E-state index contributed by atoms with van der Waals surface area (Å²) in [7, 11) is 1.67. The highest BCUT2D eigenvalue weighted by molar-refractivity contribution is 6.31. The van der Waals surface area contributed by atoms with Crippen molar-refractivity contribution in [2.24, 2.45) is 0 Å². The lowest BCUT2D eigenvalue weighted by molar-refractivity contribution is 0.0500. The third-order valence-corrected chi connectivity index (χ3v) is 4.69. The maximum absolute atomic E-state index is 12.2. The number of urea groups is 1. The van der Waals surface area contributed by atoms with Gasteiger partial charge in [0.25, 0.3) is 0 Å². The molecule has 1 aromatic carbocycles. The average Bonchev–Trinajstić information content (AvgIpc) is 2.53. The molecule has 0 spiro atoms. The summed E-state index contributed by atoms with van der Waals surface area (Å²) in [6, 6.07) is 7.60. The van der Waals surface area contributed by atoms with Crippen molar-refractivity contribution in [1.29, 1.82) is 0 Å². The van der Waals surface area contributed by atoms with Crippen LogP contribution in [0, 0.1) is 0 Å². The third-order valence-electron chi connectivity index (χ3n) is 4.36. The number of halogens is 1. The molecule has 1 saturated heterocycles. The molecule has 0 aromatic heterocycles. The standard InChI is InChI=1S/C17H25ClN2O3/c1-13(21)11-20(2)16(22)19-12-17(7-9-23-10-8-17)14-5-3-4-6-15(14)18/h3-6,13,21H,7-12H2,1-2H3,(H,19,22). The summed E-state index contributed by atoms with van der Waals surface area (Å²) in [5, 5.41) is 13.1. The maximum atomic E-state index is 12.2. The lowest BCUT2D eigenvalue weighted by atomic mass is 9.74. The van der Waals surface area contributed by atoms with Crippen LogP contribution in [0.1, 0.15) is 25.3 Å². The Balaban J connectivity index is 2.11. The number of carbonyl (C=O) groups is 1. The first-order valence-electron chi connectivity index (χ1n) is 7.94. The summed E-state index contributed by atoms with van der Waals surface area (Å²) >= 11 is 6.40. The summed E-state index contributed by atoms with van der Waals surface area (Å²) < 4.78 is 5.49. The number of likely N-dealkylation sites (N-methyl/N-ethyl adjacent to an activating group) is 1. The highest BCUT2D eigenvalue weighted by Crippen LogP contribution is 2.38. The number of aliphatic hydroxyl groups excluding tert-OH is 1. The van der Waals surface area contributed by atoms with Gasteiger partial charge in [-0.15, -0.1) is 0 Å². The van der Waals surface area contributed by atoms with Gasteiger partial charge < -0.3 is 20.1 Å². The lowest BCUT2D eigenvalue weighted by Gasteiger charge is -2.38. The molecule has 2 rings (SSSR count). The molecule has 128 valence electrons. The van der Waals surface area contributed by atoms with Crippen LogP contribution in [0.15, 0.2) is 24.3 Å². The first-order chi connectivity index (χ1) is 10.9. The van der Waals surface area contributed by atoms with E-state index in [1.54, 1.807) is 14.0 Å². The Hall–Kier alpha value is -1.30. The van der Waals surface area contributed by atoms with Crippen molar-refractivity contribution in [3.8, 4) is 0 Å². The van der Waals surface area contributed by atoms with E-state index in [-0.39, 0.29) is 11.4 Å². The van der Waals surface area contributed by atoms with Crippen LogP contribution < -0.4 is 5.32 Å². The van der Waals surface area contributed by atoms with Gasteiger partial charge in [-0.05, 0) is 31.4 Å². The Morgan fingerprint density at radius 2 is 2.09 bits per heavy atom. The topological polar surface area (TPSA) is 61.8 Å². The van der Waals surface area contributed by atoms with Gasteiger partial charge in [-0.3, -0.25) is 0 Å². The van der Waals surface area contributed by atoms with Crippen LogP contribution in [-0.4, -0.2) is 55.5 Å². The fourth-order valence-corrected chi connectivity index (χ4v) is 3.39. The highest BCUT2D eigenvalue weighted by atomic mass is 35.5. The number of hydrogen-bond acceptors (Lipinski definition) is 3. The molecule has 2 N–H and O–H groups in total. The molecule has 1 fully saturated rings. The summed E-state index contributed by atoms with van der Waals surface area (Å²) in [6.45, 7) is 3.78. The molecule has 1 unspecified atom stereocenters. The van der Waals surface area contributed by atoms with Crippen molar-refractivity contribution in [3.63, 3.8) is 0 Å². The predicted molar refractivity (Wildman–Crippen MR) is 90.9 cm³/mol. The molecule has 0 bridgehead atoms. The van der Waals surface area contributed by atoms with E-state index in [1.165, 1.54) is 4.90 Å². The second-order valence-corrected chi connectivity index (χ2v) is 6.67. The average molecular weight is 341 g/mol. The predicted octanol–water partition coefficient (Wildman–Crippen LogP) is 2.41. The van der Waals surface area contributed by atoms with Crippen LogP contribution in [0.4, 0.5) is 4.79 Å². The molecule has 0 radical (unpaired) electrons. The van der Waals surface area contributed by atoms with Crippen LogP contribution in [-0.2, 0) is 10.2 Å². The minimum atomic E-state index is -0.550. The van der Waals surface area contributed by atoms with E-state index in [2.05, 4.69) is 5.32 Å². The quantitative estimate of drug-likeness (QED) is 0.865. The Kier molecular flexibility index (Phi) is 6.27. The van der Waals surface area contributed by atoms with Crippen molar-refractivity contribution in [2.75, 3.05) is 33.4 Å². The second kappa shape index (κ2) is 7.99. The molecular formula is C17H25ClN2O3. The molecular weight excluding hydrogens is 316 g/mol. The van der Waals surface area contributed by atoms with E-state index in [4.69, 9.17) is 16.3 Å². The number of nitrogens with one attached hydrogen (secondary N) is 1. The molecule has 0 aliphatic carbocycles. The smallest absolute Gasteiger partial charge is 0.317 e. The van der Waals surface area contributed by atoms with Crippen LogP contribution in [0.5, 0.6) is 0 Å². The molecule has 1 aliphatic rings. The van der Waals surface area contributed by atoms with E-state index in [1.807, 2.05) is 24.3 Å². The van der Waals surface area contributed by atoms with Gasteiger partial charge in [-0.2, -0.15) is 0 Å². The number of aliphatic hydroxyl groups is 1. The Morgan fingerprint density at radius 3 is 2.70 bits per heavy atom. The number of nitrogens with zero attached hydrogens (tertiary/aromatic N) is 1. The number of ether oxygens (including phenoxy) is 1. The number of rotatable bonds is 5. The van der Waals surface area contributed by atoms with Crippen molar-refractivity contribution in [2.45, 2.75) is 31.3 Å². The van der Waals surface area contributed by atoms with E-state index in [0.29, 0.717) is 26.3 Å². The molecule has 1 heterocycles. The zero-order valence-corrected chi connectivity index (χ0v) is 14.5. The van der Waals surface area contributed by atoms with Crippen LogP contribution >= 0.6 is 11.6 Å². The minimum absolute atomic E-state index is 0.191. The van der Waals surface area contributed by atoms with Gasteiger partial charge in [0.1, 0.15) is 0 Å². The van der Waals surface area contributed by atoms with E-state index < -0.39 is 6.10 Å². The number of hydrogen-bond donors (Lipinski definition) is 2. The zero-order valence-electron chi connectivity index (χ0n) is 13.7. The molecule has 23 heavy (non-hydrogen) atoms. The summed E-state index contributed by atoms with van der Waals surface area (Å²) in [5.41, 5.74) is 0.848. The third kappa shape index (κ3) is 4.59. The van der Waals surface area contributed by atoms with Crippen molar-refractivity contribution in [1.82, 2.24) is 10.2 Å². The van der Waals surface area contributed by atoms with Gasteiger partial charge >= 0.3 is 6.03 Å². The number of benzene rings is 1. The summed E-state index contributed by atoms with van der Waals surface area (Å²) in [6.07, 6.45) is 1.08. The van der Waals surface area contributed by atoms with Gasteiger partial charge in [0.2, 0.25) is 0 Å².